The fraction of sp³-hybridized carbons (Fsp3) is 0. The molecule has 13 rings (SSSR count). The van der Waals surface area contributed by atoms with Crippen LogP contribution in [0.15, 0.2) is 182 Å². The van der Waals surface area contributed by atoms with Crippen LogP contribution in [0.2, 0.25) is 0 Å². The molecule has 0 amide bonds. The van der Waals surface area contributed by atoms with Gasteiger partial charge in [0.15, 0.2) is 5.82 Å². The summed E-state index contributed by atoms with van der Waals surface area (Å²) in [5, 5.41) is 12.0. The van der Waals surface area contributed by atoms with Gasteiger partial charge in [0.25, 0.3) is 0 Å². The normalized spacial score (nSPS) is 12.3. The first-order valence-corrected chi connectivity index (χ1v) is 19.2. The fourth-order valence-corrected chi connectivity index (χ4v) is 9.69. The van der Waals surface area contributed by atoms with Crippen LogP contribution in [0.25, 0.3) is 121 Å². The summed E-state index contributed by atoms with van der Waals surface area (Å²) in [6.45, 7) is 0. The summed E-state index contributed by atoms with van der Waals surface area (Å²) in [6, 6.07) is 65.7. The Morgan fingerprint density at radius 1 is 0.357 bits per heavy atom. The molecule has 0 fully saturated rings. The number of nitrogens with zero attached hydrogens (tertiary/aromatic N) is 4. The van der Waals surface area contributed by atoms with Gasteiger partial charge in [-0.25, -0.2) is 9.97 Å². The molecule has 0 aliphatic heterocycles. The van der Waals surface area contributed by atoms with E-state index in [2.05, 4.69) is 191 Å². The first-order chi connectivity index (χ1) is 27.8. The molecule has 0 saturated heterocycles. The molecule has 4 aromatic heterocycles. The summed E-state index contributed by atoms with van der Waals surface area (Å²) in [4.78, 5) is 11.5. The van der Waals surface area contributed by atoms with Crippen molar-refractivity contribution in [1.82, 2.24) is 18.9 Å². The number of rotatable bonds is 3. The molecule has 13 aromatic rings. The zero-order chi connectivity index (χ0) is 36.5. The third-order valence-electron chi connectivity index (χ3n) is 12.0. The van der Waals surface area contributed by atoms with Crippen LogP contribution in [-0.4, -0.2) is 18.9 Å². The van der Waals surface area contributed by atoms with E-state index in [9.17, 15) is 0 Å². The van der Waals surface area contributed by atoms with Crippen molar-refractivity contribution in [3.8, 4) is 28.2 Å². The number of benzene rings is 9. The van der Waals surface area contributed by atoms with E-state index in [-0.39, 0.29) is 0 Å². The van der Waals surface area contributed by atoms with Gasteiger partial charge in [0.05, 0.1) is 38.6 Å². The second-order valence-corrected chi connectivity index (χ2v) is 14.9. The first kappa shape index (κ1) is 29.8. The Hall–Kier alpha value is -7.56. The molecule has 4 nitrogen and oxygen atoms in total. The minimum atomic E-state index is 0.811. The lowest BCUT2D eigenvalue weighted by Gasteiger charge is -2.17. The van der Waals surface area contributed by atoms with Crippen molar-refractivity contribution in [2.24, 2.45) is 0 Å². The maximum Gasteiger partial charge on any atom is 0.165 e. The Kier molecular flexibility index (Phi) is 5.86. The maximum absolute atomic E-state index is 5.85. The second-order valence-electron chi connectivity index (χ2n) is 14.9. The van der Waals surface area contributed by atoms with Crippen molar-refractivity contribution >= 4 is 92.5 Å². The van der Waals surface area contributed by atoms with Crippen LogP contribution < -0.4 is 0 Å². The van der Waals surface area contributed by atoms with E-state index >= 15 is 0 Å². The Morgan fingerprint density at radius 3 is 1.82 bits per heavy atom. The zero-order valence-electron chi connectivity index (χ0n) is 30.1. The van der Waals surface area contributed by atoms with Crippen molar-refractivity contribution < 1.29 is 0 Å². The predicted molar refractivity (Wildman–Crippen MR) is 234 cm³/mol. The molecule has 0 aliphatic carbocycles. The summed E-state index contributed by atoms with van der Waals surface area (Å²) < 4.78 is 4.87. The lowest BCUT2D eigenvalue weighted by atomic mass is 9.94. The average molecular weight is 711 g/mol. The summed E-state index contributed by atoms with van der Waals surface area (Å²) in [7, 11) is 0. The minimum absolute atomic E-state index is 0.811. The van der Waals surface area contributed by atoms with Gasteiger partial charge in [-0.3, -0.25) is 4.57 Å². The van der Waals surface area contributed by atoms with Crippen molar-refractivity contribution in [3.05, 3.63) is 182 Å². The van der Waals surface area contributed by atoms with Crippen LogP contribution in [-0.2, 0) is 0 Å². The highest BCUT2D eigenvalue weighted by atomic mass is 15.1. The van der Waals surface area contributed by atoms with E-state index in [0.717, 1.165) is 61.0 Å². The molecule has 9 aromatic carbocycles. The fourth-order valence-electron chi connectivity index (χ4n) is 9.69. The Bertz CT molecular complexity index is 3750. The smallest absolute Gasteiger partial charge is 0.165 e. The van der Waals surface area contributed by atoms with Crippen LogP contribution in [0.4, 0.5) is 0 Å². The summed E-state index contributed by atoms with van der Waals surface area (Å²) in [5.74, 6) is 0.811. The van der Waals surface area contributed by atoms with Crippen molar-refractivity contribution in [2.45, 2.75) is 0 Å². The molecule has 0 radical (unpaired) electrons. The van der Waals surface area contributed by atoms with E-state index < -0.39 is 0 Å². The number of fused-ring (bicyclic) bond motifs is 9. The highest BCUT2D eigenvalue weighted by Gasteiger charge is 2.25. The molecule has 0 N–H and O–H groups in total. The first-order valence-electron chi connectivity index (χ1n) is 19.2. The van der Waals surface area contributed by atoms with Crippen LogP contribution in [0, 0.1) is 0 Å². The summed E-state index contributed by atoms with van der Waals surface area (Å²) in [5.41, 5.74) is 11.7. The summed E-state index contributed by atoms with van der Waals surface area (Å²) >= 11 is 0. The van der Waals surface area contributed by atoms with Gasteiger partial charge in [0.1, 0.15) is 5.69 Å². The Morgan fingerprint density at radius 2 is 0.946 bits per heavy atom. The molecule has 4 heteroatoms. The van der Waals surface area contributed by atoms with E-state index in [1.54, 1.807) is 0 Å². The molecular weight excluding hydrogens is 681 g/mol. The Balaban J connectivity index is 1.25. The predicted octanol–water partition coefficient (Wildman–Crippen LogP) is 13.5. The molecule has 0 aliphatic rings. The number of hydrogen-bond acceptors (Lipinski definition) is 2. The lowest BCUT2D eigenvalue weighted by Crippen LogP contribution is -2.05. The van der Waals surface area contributed by atoms with Crippen molar-refractivity contribution in [2.75, 3.05) is 0 Å². The molecule has 56 heavy (non-hydrogen) atoms. The molecular formula is C52H30N4. The lowest BCUT2D eigenvalue weighted by molar-refractivity contribution is 1.08. The SMILES string of the molecule is c1ccc(-c2nc3c(nc2-n2c4cccc5c6cccc7c8ccccc8n(c8cccc2c8c54)c67)c(-c2cccc4ccccc24)cc2ccccc23)cc1. The number of aromatic nitrogens is 4. The van der Waals surface area contributed by atoms with Gasteiger partial charge in [0, 0.05) is 43.4 Å². The van der Waals surface area contributed by atoms with E-state index in [1.807, 2.05) is 0 Å². The highest BCUT2D eigenvalue weighted by Crippen LogP contribution is 2.46. The van der Waals surface area contributed by atoms with Gasteiger partial charge in [-0.2, -0.15) is 0 Å². The van der Waals surface area contributed by atoms with Gasteiger partial charge in [0.2, 0.25) is 0 Å². The largest absolute Gasteiger partial charge is 0.308 e. The molecule has 0 bridgehead atoms. The van der Waals surface area contributed by atoms with Crippen LogP contribution in [0.1, 0.15) is 0 Å². The summed E-state index contributed by atoms with van der Waals surface area (Å²) in [6.07, 6.45) is 0. The highest BCUT2D eigenvalue weighted by molar-refractivity contribution is 6.31. The maximum atomic E-state index is 5.85. The third-order valence-corrected chi connectivity index (χ3v) is 12.0. The molecule has 258 valence electrons. The number of hydrogen-bond donors (Lipinski definition) is 0. The van der Waals surface area contributed by atoms with Gasteiger partial charge < -0.3 is 4.40 Å². The van der Waals surface area contributed by atoms with Crippen LogP contribution >= 0.6 is 0 Å². The molecule has 4 heterocycles. The van der Waals surface area contributed by atoms with Gasteiger partial charge in [-0.1, -0.05) is 152 Å². The van der Waals surface area contributed by atoms with Gasteiger partial charge >= 0.3 is 0 Å². The zero-order valence-corrected chi connectivity index (χ0v) is 30.1. The van der Waals surface area contributed by atoms with Crippen LogP contribution in [0.3, 0.4) is 0 Å². The van der Waals surface area contributed by atoms with Gasteiger partial charge in [-0.15, -0.1) is 0 Å². The monoisotopic (exact) mass is 710 g/mol. The third kappa shape index (κ3) is 3.87. The second kappa shape index (κ2) is 11.0. The van der Waals surface area contributed by atoms with E-state index in [4.69, 9.17) is 9.97 Å². The number of para-hydroxylation sites is 2. The minimum Gasteiger partial charge on any atom is -0.308 e. The van der Waals surface area contributed by atoms with E-state index in [0.29, 0.717) is 0 Å². The molecule has 0 spiro atoms. The average Bonchev–Trinajstić information content (AvgIpc) is 3.75. The molecule has 0 atom stereocenters. The van der Waals surface area contributed by atoms with Crippen molar-refractivity contribution in [3.63, 3.8) is 0 Å². The quantitative estimate of drug-likeness (QED) is 0.171. The van der Waals surface area contributed by atoms with Crippen LogP contribution in [0.5, 0.6) is 0 Å². The van der Waals surface area contributed by atoms with E-state index in [1.165, 1.54) is 59.6 Å². The van der Waals surface area contributed by atoms with Gasteiger partial charge in [-0.05, 0) is 57.4 Å². The molecule has 0 saturated carbocycles. The standard InChI is InChI=1S/C52H30N4/c1-2-15-32(16-3-1)48-52(54-50-41(30-33-17-5-7-20-35(33)49(50)53-48)36-22-10-18-31-14-4-6-19-34(31)36)56-43-27-12-23-38-40-25-11-24-39-37-21-8-9-26-42(37)55(51(39)40)44-28-13-29-45(56)47(44)46(38)43/h1-30H. The molecule has 0 unspecified atom stereocenters. The topological polar surface area (TPSA) is 35.1 Å². The Labute approximate surface area is 320 Å². The van der Waals surface area contributed by atoms with Crippen molar-refractivity contribution in [1.29, 1.82) is 0 Å².